The van der Waals surface area contributed by atoms with E-state index in [2.05, 4.69) is 31.1 Å². The van der Waals surface area contributed by atoms with Gasteiger partial charge in [0.15, 0.2) is 0 Å². The van der Waals surface area contributed by atoms with Gasteiger partial charge in [-0.1, -0.05) is 29.6 Å². The van der Waals surface area contributed by atoms with E-state index in [-0.39, 0.29) is 48.7 Å². The molecule has 3 aromatic rings. The second-order valence-corrected chi connectivity index (χ2v) is 8.37. The number of hydrogen-bond acceptors (Lipinski definition) is 7. The lowest BCUT2D eigenvalue weighted by molar-refractivity contribution is 0.101. The van der Waals surface area contributed by atoms with E-state index >= 15 is 0 Å². The highest BCUT2D eigenvalue weighted by atomic mass is 35.5. The number of guanidine groups is 1. The summed E-state index contributed by atoms with van der Waals surface area (Å²) in [7, 11) is 1.59. The number of nitrogens with two attached hydrogens (primary N) is 1. The monoisotopic (exact) mass is 535 g/mol. The van der Waals surface area contributed by atoms with Crippen LogP contribution in [0.25, 0.3) is 10.9 Å². The predicted octanol–water partition coefficient (Wildman–Crippen LogP) is 4.06. The summed E-state index contributed by atoms with van der Waals surface area (Å²) in [4.78, 5) is 22.1. The molecular formula is C24H31Cl2N7O3. The molecular weight excluding hydrogens is 505 g/mol. The van der Waals surface area contributed by atoms with Crippen molar-refractivity contribution in [3.05, 3.63) is 53.9 Å². The normalized spacial score (nSPS) is 17.3. The number of rotatable bonds is 6. The quantitative estimate of drug-likeness (QED) is 0.137. The lowest BCUT2D eigenvalue weighted by Gasteiger charge is -2.33. The number of oxime groups is 1. The number of halogens is 2. The number of nitrogens with one attached hydrogen (secondary N) is 3. The molecule has 10 nitrogen and oxygen atoms in total. The number of nitrogens with zero attached hydrogens (tertiary/aromatic N) is 3. The van der Waals surface area contributed by atoms with Crippen molar-refractivity contribution < 1.29 is 14.7 Å². The van der Waals surface area contributed by atoms with Gasteiger partial charge < -0.3 is 31.6 Å². The third-order valence-electron chi connectivity index (χ3n) is 5.93. The molecule has 0 unspecified atom stereocenters. The number of aryl methyl sites for hydroxylation is 1. The van der Waals surface area contributed by atoms with Crippen LogP contribution in [-0.4, -0.2) is 46.2 Å². The minimum absolute atomic E-state index is 0. The highest BCUT2D eigenvalue weighted by Crippen LogP contribution is 2.27. The van der Waals surface area contributed by atoms with Crippen LogP contribution in [0.15, 0.2) is 47.6 Å². The Hall–Kier alpha value is -3.50. The third-order valence-corrected chi connectivity index (χ3v) is 5.93. The summed E-state index contributed by atoms with van der Waals surface area (Å²) in [6, 6.07) is 12.8. The number of fused-ring (bicyclic) bond motifs is 1. The Bertz CT molecular complexity index is 1210. The van der Waals surface area contributed by atoms with Crippen LogP contribution in [0.1, 0.15) is 41.9 Å². The van der Waals surface area contributed by atoms with Crippen LogP contribution in [0.3, 0.4) is 0 Å². The van der Waals surface area contributed by atoms with E-state index in [1.807, 2.05) is 25.1 Å². The average molecular weight is 536 g/mol. The summed E-state index contributed by atoms with van der Waals surface area (Å²) in [6.45, 7) is 2.00. The number of ether oxygens (including phenoxy) is 1. The van der Waals surface area contributed by atoms with E-state index in [9.17, 15) is 4.79 Å². The molecule has 0 saturated heterocycles. The molecule has 1 fully saturated rings. The maximum Gasteiger partial charge on any atom is 0.293 e. The first-order valence-corrected chi connectivity index (χ1v) is 11.2. The zero-order chi connectivity index (χ0) is 24.1. The summed E-state index contributed by atoms with van der Waals surface area (Å²) in [6.07, 6.45) is 3.81. The van der Waals surface area contributed by atoms with Crippen LogP contribution >= 0.6 is 24.8 Å². The fraction of sp³-hybridized carbons (Fsp3) is 0.333. The zero-order valence-electron chi connectivity index (χ0n) is 20.0. The minimum atomic E-state index is -0.411. The van der Waals surface area contributed by atoms with E-state index in [1.165, 1.54) is 0 Å². The number of carbonyl (C=O) groups is 1. The number of methoxy groups -OCH3 is 1. The van der Waals surface area contributed by atoms with Crippen molar-refractivity contribution in [3.8, 4) is 5.75 Å². The molecule has 1 saturated carbocycles. The van der Waals surface area contributed by atoms with Gasteiger partial charge in [0.05, 0.1) is 12.6 Å². The molecule has 2 atom stereocenters. The summed E-state index contributed by atoms with van der Waals surface area (Å²) in [5.74, 6) is 0.898. The molecule has 0 bridgehead atoms. The molecule has 194 valence electrons. The highest BCUT2D eigenvalue weighted by molar-refractivity contribution is 6.04. The van der Waals surface area contributed by atoms with Crippen LogP contribution in [-0.2, 0) is 0 Å². The SMILES string of the molecule is COc1ccc(NC(=O)c2nc(N[C@H]3CCCC[C@H]3N/C(N)=N\O)c3cc(C)ccc3n2)cc1.Cl.Cl. The molecule has 6 N–H and O–H groups in total. The van der Waals surface area contributed by atoms with Crippen molar-refractivity contribution in [2.24, 2.45) is 10.9 Å². The standard InChI is InChI=1S/C24H29N7O3.2ClH/c1-14-7-12-18-17(13-14)21(28-19-5-3-4-6-20(19)29-24(25)31-33)30-22(27-18)23(32)26-15-8-10-16(34-2)11-9-15;;/h7-13,19-20,33H,3-6H2,1-2H3,(H,26,32)(H3,25,29,31)(H,27,28,30);2*1H/t19-,20+;;/m0../s1. The first-order chi connectivity index (χ1) is 16.5. The highest BCUT2D eigenvalue weighted by Gasteiger charge is 2.27. The molecule has 0 radical (unpaired) electrons. The second kappa shape index (κ2) is 13.0. The van der Waals surface area contributed by atoms with E-state index in [1.54, 1.807) is 31.4 Å². The van der Waals surface area contributed by atoms with Crippen LogP contribution < -0.4 is 26.4 Å². The zero-order valence-corrected chi connectivity index (χ0v) is 21.7. The summed E-state index contributed by atoms with van der Waals surface area (Å²) < 4.78 is 5.16. The number of aromatic nitrogens is 2. The lowest BCUT2D eigenvalue weighted by Crippen LogP contribution is -2.51. The van der Waals surface area contributed by atoms with Gasteiger partial charge in [-0.3, -0.25) is 4.79 Å². The van der Waals surface area contributed by atoms with Gasteiger partial charge >= 0.3 is 0 Å². The van der Waals surface area contributed by atoms with Gasteiger partial charge in [0, 0.05) is 23.2 Å². The Morgan fingerprint density at radius 3 is 2.44 bits per heavy atom. The Kier molecular flexibility index (Phi) is 10.4. The molecule has 4 rings (SSSR count). The number of anilines is 2. The van der Waals surface area contributed by atoms with E-state index in [0.29, 0.717) is 22.8 Å². The second-order valence-electron chi connectivity index (χ2n) is 8.37. The van der Waals surface area contributed by atoms with Crippen LogP contribution in [0, 0.1) is 6.92 Å². The summed E-state index contributed by atoms with van der Waals surface area (Å²) in [5, 5.41) is 22.2. The van der Waals surface area contributed by atoms with Gasteiger partial charge in [-0.25, -0.2) is 9.97 Å². The molecule has 12 heteroatoms. The molecule has 1 heterocycles. The topological polar surface area (TPSA) is 147 Å². The fourth-order valence-corrected chi connectivity index (χ4v) is 4.19. The van der Waals surface area contributed by atoms with Gasteiger partial charge in [0.2, 0.25) is 11.8 Å². The van der Waals surface area contributed by atoms with Gasteiger partial charge in [0.25, 0.3) is 5.91 Å². The van der Waals surface area contributed by atoms with Crippen LogP contribution in [0.4, 0.5) is 11.5 Å². The Balaban J connectivity index is 0.00000228. The van der Waals surface area contributed by atoms with E-state index in [4.69, 9.17) is 15.7 Å². The molecule has 36 heavy (non-hydrogen) atoms. The third kappa shape index (κ3) is 6.79. The predicted molar refractivity (Wildman–Crippen MR) is 146 cm³/mol. The van der Waals surface area contributed by atoms with Crippen LogP contribution in [0.2, 0.25) is 0 Å². The van der Waals surface area contributed by atoms with Gasteiger partial charge in [0.1, 0.15) is 11.6 Å². The van der Waals surface area contributed by atoms with E-state index < -0.39 is 5.91 Å². The Morgan fingerprint density at radius 2 is 1.78 bits per heavy atom. The molecule has 1 aromatic heterocycles. The van der Waals surface area contributed by atoms with Crippen molar-refractivity contribution in [2.75, 3.05) is 17.7 Å². The minimum Gasteiger partial charge on any atom is -0.497 e. The van der Waals surface area contributed by atoms with Gasteiger partial charge in [-0.05, 0) is 56.2 Å². The average Bonchev–Trinajstić information content (AvgIpc) is 2.85. The van der Waals surface area contributed by atoms with Crippen LogP contribution in [0.5, 0.6) is 5.75 Å². The first-order valence-electron chi connectivity index (χ1n) is 11.2. The number of amides is 1. The molecule has 1 aliphatic rings. The number of carbonyl (C=O) groups excluding carboxylic acids is 1. The smallest absolute Gasteiger partial charge is 0.293 e. The first kappa shape index (κ1) is 28.7. The van der Waals surface area contributed by atoms with Crippen molar-refractivity contribution in [1.29, 1.82) is 0 Å². The Morgan fingerprint density at radius 1 is 1.08 bits per heavy atom. The fourth-order valence-electron chi connectivity index (χ4n) is 4.19. The number of hydrogen-bond donors (Lipinski definition) is 5. The van der Waals surface area contributed by atoms with Crippen molar-refractivity contribution in [2.45, 2.75) is 44.7 Å². The molecule has 2 aromatic carbocycles. The number of benzene rings is 2. The van der Waals surface area contributed by atoms with Crippen molar-refractivity contribution in [1.82, 2.24) is 15.3 Å². The largest absolute Gasteiger partial charge is 0.497 e. The molecule has 1 amide bonds. The summed E-state index contributed by atoms with van der Waals surface area (Å²) in [5.41, 5.74) is 8.04. The van der Waals surface area contributed by atoms with Gasteiger partial charge in [-0.15, -0.1) is 24.8 Å². The van der Waals surface area contributed by atoms with Gasteiger partial charge in [-0.2, -0.15) is 0 Å². The Labute approximate surface area is 221 Å². The molecule has 0 aliphatic heterocycles. The molecule has 1 aliphatic carbocycles. The van der Waals surface area contributed by atoms with Crippen molar-refractivity contribution >= 4 is 59.1 Å². The maximum atomic E-state index is 13.0. The van der Waals surface area contributed by atoms with Crippen molar-refractivity contribution in [3.63, 3.8) is 0 Å². The lowest BCUT2D eigenvalue weighted by atomic mass is 9.90. The molecule has 0 spiro atoms. The van der Waals surface area contributed by atoms with E-state index in [0.717, 1.165) is 36.6 Å². The maximum absolute atomic E-state index is 13.0. The summed E-state index contributed by atoms with van der Waals surface area (Å²) >= 11 is 0.